The fourth-order valence-corrected chi connectivity index (χ4v) is 5.42. The summed E-state index contributed by atoms with van der Waals surface area (Å²) in [5, 5.41) is 6.17. The second kappa shape index (κ2) is 7.62. The number of sulfonamides is 1. The Kier molecular flexibility index (Phi) is 5.16. The van der Waals surface area contributed by atoms with Gasteiger partial charge in [0.25, 0.3) is 15.9 Å². The fourth-order valence-electron chi connectivity index (χ4n) is 2.74. The van der Waals surface area contributed by atoms with Gasteiger partial charge in [-0.15, -0.1) is 11.3 Å². The van der Waals surface area contributed by atoms with E-state index < -0.39 is 10.0 Å². The summed E-state index contributed by atoms with van der Waals surface area (Å²) in [6, 6.07) is 16.0. The van der Waals surface area contributed by atoms with E-state index in [2.05, 4.69) is 10.1 Å². The zero-order chi connectivity index (χ0) is 20.6. The summed E-state index contributed by atoms with van der Waals surface area (Å²) >= 11 is 7.40. The van der Waals surface area contributed by atoms with Crippen LogP contribution in [0.25, 0.3) is 22.2 Å². The number of hydrogen-bond acceptors (Lipinski definition) is 6. The minimum absolute atomic E-state index is 0.102. The number of hydrogen-bond donors (Lipinski definition) is 0. The average molecular weight is 446 g/mol. The van der Waals surface area contributed by atoms with Gasteiger partial charge in [-0.25, -0.2) is 8.42 Å². The van der Waals surface area contributed by atoms with Crippen molar-refractivity contribution in [2.24, 2.45) is 0 Å². The molecule has 0 saturated heterocycles. The van der Waals surface area contributed by atoms with Gasteiger partial charge in [0.2, 0.25) is 5.82 Å². The highest BCUT2D eigenvalue weighted by Crippen LogP contribution is 2.36. The molecule has 0 radical (unpaired) electrons. The van der Waals surface area contributed by atoms with E-state index >= 15 is 0 Å². The maximum atomic E-state index is 13.3. The molecule has 2 aromatic carbocycles. The molecule has 4 rings (SSSR count). The Hall–Kier alpha value is -2.68. The molecule has 29 heavy (non-hydrogen) atoms. The molecule has 2 aromatic heterocycles. The Bertz CT molecular complexity index is 1270. The number of halogens is 1. The van der Waals surface area contributed by atoms with E-state index in [4.69, 9.17) is 16.1 Å². The first-order valence-electron chi connectivity index (χ1n) is 8.60. The number of anilines is 1. The van der Waals surface area contributed by atoms with E-state index in [1.807, 2.05) is 37.3 Å². The van der Waals surface area contributed by atoms with Crippen LogP contribution < -0.4 is 4.31 Å². The molecular formula is C20H16ClN3O3S2. The Balaban J connectivity index is 1.72. The Labute approximate surface area is 177 Å². The van der Waals surface area contributed by atoms with E-state index in [1.54, 1.807) is 23.6 Å². The van der Waals surface area contributed by atoms with Gasteiger partial charge in [-0.2, -0.15) is 4.98 Å². The molecule has 0 aliphatic heterocycles. The van der Waals surface area contributed by atoms with Gasteiger partial charge in [0.15, 0.2) is 0 Å². The molecule has 0 N–H and O–H groups in total. The Morgan fingerprint density at radius 2 is 1.86 bits per heavy atom. The first kappa shape index (κ1) is 19.6. The van der Waals surface area contributed by atoms with Crippen LogP contribution in [-0.2, 0) is 10.0 Å². The molecule has 4 aromatic rings. The van der Waals surface area contributed by atoms with Gasteiger partial charge in [-0.3, -0.25) is 4.31 Å². The molecule has 9 heteroatoms. The first-order valence-corrected chi connectivity index (χ1v) is 11.3. The van der Waals surface area contributed by atoms with Crippen LogP contribution in [0, 0.1) is 6.92 Å². The predicted octanol–water partition coefficient (Wildman–Crippen LogP) is 5.25. The third kappa shape index (κ3) is 3.66. The maximum absolute atomic E-state index is 13.3. The Morgan fingerprint density at radius 1 is 1.10 bits per heavy atom. The quantitative estimate of drug-likeness (QED) is 0.419. The summed E-state index contributed by atoms with van der Waals surface area (Å²) < 4.78 is 33.1. The summed E-state index contributed by atoms with van der Waals surface area (Å²) in [5.74, 6) is 0.559. The van der Waals surface area contributed by atoms with Gasteiger partial charge in [0.05, 0.1) is 5.69 Å². The zero-order valence-electron chi connectivity index (χ0n) is 15.5. The average Bonchev–Trinajstić information content (AvgIpc) is 3.40. The maximum Gasteiger partial charge on any atom is 0.269 e. The molecule has 0 aliphatic carbocycles. The number of rotatable bonds is 5. The number of benzene rings is 2. The molecule has 0 aliphatic rings. The van der Waals surface area contributed by atoms with Gasteiger partial charge in [0.1, 0.15) is 9.77 Å². The lowest BCUT2D eigenvalue weighted by Crippen LogP contribution is -2.26. The van der Waals surface area contributed by atoms with Crippen molar-refractivity contribution in [3.8, 4) is 22.2 Å². The lowest BCUT2D eigenvalue weighted by molar-refractivity contribution is 0.432. The standard InChI is InChI=1S/C20H16ClN3O3S2/c1-13-8-9-15(12-16(13)21)24(2)29(25,26)17-10-11-28-18(17)20-22-19(23-27-20)14-6-4-3-5-7-14/h3-12H,1-2H3. The molecule has 2 heterocycles. The largest absolute Gasteiger partial charge is 0.333 e. The van der Waals surface area contributed by atoms with E-state index in [-0.39, 0.29) is 10.8 Å². The van der Waals surface area contributed by atoms with Crippen LogP contribution in [0.1, 0.15) is 5.56 Å². The topological polar surface area (TPSA) is 76.3 Å². The monoisotopic (exact) mass is 445 g/mol. The summed E-state index contributed by atoms with van der Waals surface area (Å²) in [4.78, 5) is 4.88. The predicted molar refractivity (Wildman–Crippen MR) is 115 cm³/mol. The molecule has 0 amide bonds. The Morgan fingerprint density at radius 3 is 2.59 bits per heavy atom. The van der Waals surface area contributed by atoms with Crippen LogP contribution in [-0.4, -0.2) is 25.6 Å². The van der Waals surface area contributed by atoms with Gasteiger partial charge in [0, 0.05) is 17.6 Å². The lowest BCUT2D eigenvalue weighted by atomic mass is 10.2. The van der Waals surface area contributed by atoms with Gasteiger partial charge >= 0.3 is 0 Å². The fraction of sp³-hybridized carbons (Fsp3) is 0.100. The minimum atomic E-state index is -3.86. The van der Waals surface area contributed by atoms with E-state index in [0.29, 0.717) is 21.4 Å². The van der Waals surface area contributed by atoms with Crippen molar-refractivity contribution in [3.05, 3.63) is 70.6 Å². The number of aryl methyl sites for hydroxylation is 1. The van der Waals surface area contributed by atoms with Crippen molar-refractivity contribution in [3.63, 3.8) is 0 Å². The second-order valence-electron chi connectivity index (χ2n) is 6.31. The van der Waals surface area contributed by atoms with Crippen molar-refractivity contribution < 1.29 is 12.9 Å². The van der Waals surface area contributed by atoms with Crippen LogP contribution in [0.5, 0.6) is 0 Å². The summed E-state index contributed by atoms with van der Waals surface area (Å²) in [5.41, 5.74) is 2.12. The second-order valence-corrected chi connectivity index (χ2v) is 9.57. The van der Waals surface area contributed by atoms with Gasteiger partial charge in [-0.1, -0.05) is 53.2 Å². The van der Waals surface area contributed by atoms with Crippen LogP contribution >= 0.6 is 22.9 Å². The normalized spacial score (nSPS) is 11.6. The summed E-state index contributed by atoms with van der Waals surface area (Å²) in [6.45, 7) is 1.86. The van der Waals surface area contributed by atoms with Crippen molar-refractivity contribution in [1.29, 1.82) is 0 Å². The summed E-state index contributed by atoms with van der Waals surface area (Å²) in [7, 11) is -2.37. The van der Waals surface area contributed by atoms with E-state index in [0.717, 1.165) is 11.1 Å². The smallest absolute Gasteiger partial charge is 0.269 e. The molecule has 0 fully saturated rings. The highest BCUT2D eigenvalue weighted by Gasteiger charge is 2.29. The van der Waals surface area contributed by atoms with Crippen molar-refractivity contribution in [2.75, 3.05) is 11.4 Å². The first-order chi connectivity index (χ1) is 13.9. The van der Waals surface area contributed by atoms with Crippen molar-refractivity contribution in [1.82, 2.24) is 10.1 Å². The lowest BCUT2D eigenvalue weighted by Gasteiger charge is -2.20. The van der Waals surface area contributed by atoms with Crippen LogP contribution in [0.2, 0.25) is 5.02 Å². The molecular weight excluding hydrogens is 430 g/mol. The highest BCUT2D eigenvalue weighted by atomic mass is 35.5. The SMILES string of the molecule is Cc1ccc(N(C)S(=O)(=O)c2ccsc2-c2nc(-c3ccccc3)no2)cc1Cl. The zero-order valence-corrected chi connectivity index (χ0v) is 17.9. The third-order valence-electron chi connectivity index (χ3n) is 4.44. The number of thiophene rings is 1. The summed E-state index contributed by atoms with van der Waals surface area (Å²) in [6.07, 6.45) is 0. The molecule has 0 bridgehead atoms. The molecule has 0 spiro atoms. The van der Waals surface area contributed by atoms with Crippen LogP contribution in [0.3, 0.4) is 0 Å². The van der Waals surface area contributed by atoms with E-state index in [9.17, 15) is 8.42 Å². The van der Waals surface area contributed by atoms with E-state index in [1.165, 1.54) is 28.8 Å². The van der Waals surface area contributed by atoms with Crippen molar-refractivity contribution >= 4 is 38.6 Å². The van der Waals surface area contributed by atoms with Crippen molar-refractivity contribution in [2.45, 2.75) is 11.8 Å². The molecule has 0 saturated carbocycles. The van der Waals surface area contributed by atoms with Gasteiger partial charge < -0.3 is 4.52 Å². The molecule has 0 atom stereocenters. The van der Waals surface area contributed by atoms with Crippen LogP contribution in [0.4, 0.5) is 5.69 Å². The molecule has 6 nitrogen and oxygen atoms in total. The third-order valence-corrected chi connectivity index (χ3v) is 7.71. The highest BCUT2D eigenvalue weighted by molar-refractivity contribution is 7.93. The number of nitrogens with zero attached hydrogens (tertiary/aromatic N) is 3. The molecule has 148 valence electrons. The van der Waals surface area contributed by atoms with Crippen LogP contribution in [0.15, 0.2) is 69.4 Å². The van der Waals surface area contributed by atoms with Gasteiger partial charge in [-0.05, 0) is 36.1 Å². The number of aromatic nitrogens is 2. The minimum Gasteiger partial charge on any atom is -0.333 e. The molecule has 0 unspecified atom stereocenters.